The van der Waals surface area contributed by atoms with Gasteiger partial charge in [-0.05, 0) is 44.8 Å². The van der Waals surface area contributed by atoms with Crippen LogP contribution in [0.1, 0.15) is 31.7 Å². The zero-order chi connectivity index (χ0) is 13.3. The molecular weight excluding hydrogens is 238 g/mol. The van der Waals surface area contributed by atoms with E-state index in [1.807, 2.05) is 12.4 Å². The fraction of sp³-hybridized carbons (Fsp3) is 0.714. The van der Waals surface area contributed by atoms with Crippen molar-refractivity contribution in [3.8, 4) is 0 Å². The van der Waals surface area contributed by atoms with E-state index in [-0.39, 0.29) is 0 Å². The van der Waals surface area contributed by atoms with Gasteiger partial charge in [-0.3, -0.25) is 0 Å². The molecule has 0 spiro atoms. The van der Waals surface area contributed by atoms with Crippen LogP contribution < -0.4 is 16.0 Å². The van der Waals surface area contributed by atoms with Gasteiger partial charge in [0.25, 0.3) is 0 Å². The molecule has 0 unspecified atom stereocenters. The van der Waals surface area contributed by atoms with E-state index >= 15 is 0 Å². The first-order chi connectivity index (χ1) is 9.38. The van der Waals surface area contributed by atoms with Gasteiger partial charge < -0.3 is 16.0 Å². The van der Waals surface area contributed by atoms with Crippen molar-refractivity contribution >= 4 is 5.95 Å². The van der Waals surface area contributed by atoms with Crippen molar-refractivity contribution in [3.05, 3.63) is 18.0 Å². The Hall–Kier alpha value is -1.20. The van der Waals surface area contributed by atoms with E-state index in [1.54, 1.807) is 0 Å². The molecule has 0 aliphatic carbocycles. The van der Waals surface area contributed by atoms with Gasteiger partial charge in [-0.15, -0.1) is 0 Å². The Labute approximate surface area is 115 Å². The largest absolute Gasteiger partial charge is 0.354 e. The highest BCUT2D eigenvalue weighted by molar-refractivity contribution is 5.24. The molecule has 5 heteroatoms. The van der Waals surface area contributed by atoms with Gasteiger partial charge >= 0.3 is 0 Å². The fourth-order valence-electron chi connectivity index (χ4n) is 2.28. The molecule has 0 radical (unpaired) electrons. The van der Waals surface area contributed by atoms with Gasteiger partial charge in [0.1, 0.15) is 0 Å². The smallest absolute Gasteiger partial charge is 0.222 e. The van der Waals surface area contributed by atoms with Gasteiger partial charge in [-0.1, -0.05) is 6.92 Å². The van der Waals surface area contributed by atoms with Crippen LogP contribution in [0.3, 0.4) is 0 Å². The van der Waals surface area contributed by atoms with E-state index in [4.69, 9.17) is 0 Å². The van der Waals surface area contributed by atoms with Crippen LogP contribution in [0, 0.1) is 5.92 Å². The van der Waals surface area contributed by atoms with Crippen molar-refractivity contribution < 1.29 is 0 Å². The van der Waals surface area contributed by atoms with E-state index in [1.165, 1.54) is 12.8 Å². The second-order valence-corrected chi connectivity index (χ2v) is 5.17. The summed E-state index contributed by atoms with van der Waals surface area (Å²) in [5.74, 6) is 1.54. The first-order valence-corrected chi connectivity index (χ1v) is 7.34. The van der Waals surface area contributed by atoms with Crippen LogP contribution in [0.25, 0.3) is 0 Å². The maximum absolute atomic E-state index is 4.31. The SMILES string of the molecule is CCCNc1ncc(CNCC2CCNCC2)cn1. The minimum absolute atomic E-state index is 0.726. The van der Waals surface area contributed by atoms with Crippen LogP contribution in [0.15, 0.2) is 12.4 Å². The highest BCUT2D eigenvalue weighted by Gasteiger charge is 2.11. The highest BCUT2D eigenvalue weighted by atomic mass is 15.1. The fourth-order valence-corrected chi connectivity index (χ4v) is 2.28. The summed E-state index contributed by atoms with van der Waals surface area (Å²) in [7, 11) is 0. The van der Waals surface area contributed by atoms with E-state index in [9.17, 15) is 0 Å². The molecule has 0 aromatic carbocycles. The third-order valence-corrected chi connectivity index (χ3v) is 3.46. The third-order valence-electron chi connectivity index (χ3n) is 3.46. The predicted octanol–water partition coefficient (Wildman–Crippen LogP) is 1.39. The number of nitrogens with zero attached hydrogens (tertiary/aromatic N) is 2. The molecule has 19 heavy (non-hydrogen) atoms. The maximum Gasteiger partial charge on any atom is 0.222 e. The number of aromatic nitrogens is 2. The molecule has 0 bridgehead atoms. The number of nitrogens with one attached hydrogen (secondary N) is 3. The lowest BCUT2D eigenvalue weighted by Crippen LogP contribution is -2.33. The van der Waals surface area contributed by atoms with Gasteiger partial charge in [-0.2, -0.15) is 0 Å². The topological polar surface area (TPSA) is 61.9 Å². The molecule has 0 atom stereocenters. The van der Waals surface area contributed by atoms with Gasteiger partial charge in [-0.25, -0.2) is 9.97 Å². The van der Waals surface area contributed by atoms with Gasteiger partial charge in [0.2, 0.25) is 5.95 Å². The molecule has 1 aromatic rings. The maximum atomic E-state index is 4.31. The zero-order valence-corrected chi connectivity index (χ0v) is 11.8. The molecule has 1 aliphatic rings. The molecule has 0 amide bonds. The lowest BCUT2D eigenvalue weighted by atomic mass is 9.98. The molecule has 5 nitrogen and oxygen atoms in total. The summed E-state index contributed by atoms with van der Waals surface area (Å²) < 4.78 is 0. The predicted molar refractivity (Wildman–Crippen MR) is 78.1 cm³/mol. The summed E-state index contributed by atoms with van der Waals surface area (Å²) in [5, 5.41) is 10.1. The Morgan fingerprint density at radius 3 is 2.68 bits per heavy atom. The Balaban J connectivity index is 1.67. The quantitative estimate of drug-likeness (QED) is 0.694. The van der Waals surface area contributed by atoms with Crippen LogP contribution in [-0.4, -0.2) is 36.1 Å². The van der Waals surface area contributed by atoms with Crippen LogP contribution in [0.2, 0.25) is 0 Å². The lowest BCUT2D eigenvalue weighted by molar-refractivity contribution is 0.356. The molecule has 1 aromatic heterocycles. The second-order valence-electron chi connectivity index (χ2n) is 5.17. The van der Waals surface area contributed by atoms with Crippen molar-refractivity contribution in [3.63, 3.8) is 0 Å². The van der Waals surface area contributed by atoms with Crippen molar-refractivity contribution in [1.82, 2.24) is 20.6 Å². The molecule has 0 saturated carbocycles. The van der Waals surface area contributed by atoms with Crippen LogP contribution >= 0.6 is 0 Å². The average molecular weight is 263 g/mol. The minimum Gasteiger partial charge on any atom is -0.354 e. The molecule has 1 fully saturated rings. The molecular formula is C14H25N5. The van der Waals surface area contributed by atoms with Crippen molar-refractivity contribution in [2.45, 2.75) is 32.7 Å². The Bertz CT molecular complexity index is 345. The third kappa shape index (κ3) is 5.12. The van der Waals surface area contributed by atoms with Gasteiger partial charge in [0, 0.05) is 31.0 Å². The van der Waals surface area contributed by atoms with E-state index in [0.29, 0.717) is 0 Å². The molecule has 106 valence electrons. The first-order valence-electron chi connectivity index (χ1n) is 7.34. The average Bonchev–Trinajstić information content (AvgIpc) is 2.47. The van der Waals surface area contributed by atoms with Crippen molar-refractivity contribution in [2.24, 2.45) is 5.92 Å². The van der Waals surface area contributed by atoms with Gasteiger partial charge in [0.15, 0.2) is 0 Å². The molecule has 2 rings (SSSR count). The summed E-state index contributed by atoms with van der Waals surface area (Å²) in [6.45, 7) is 7.33. The summed E-state index contributed by atoms with van der Waals surface area (Å²) in [5.41, 5.74) is 1.15. The summed E-state index contributed by atoms with van der Waals surface area (Å²) in [4.78, 5) is 8.62. The Morgan fingerprint density at radius 2 is 2.00 bits per heavy atom. The Kier molecular flexibility index (Phi) is 6.04. The van der Waals surface area contributed by atoms with Crippen LogP contribution in [-0.2, 0) is 6.54 Å². The lowest BCUT2D eigenvalue weighted by Gasteiger charge is -2.22. The van der Waals surface area contributed by atoms with Crippen LogP contribution in [0.4, 0.5) is 5.95 Å². The number of hydrogen-bond donors (Lipinski definition) is 3. The van der Waals surface area contributed by atoms with Crippen molar-refractivity contribution in [2.75, 3.05) is 31.5 Å². The Morgan fingerprint density at radius 1 is 1.26 bits per heavy atom. The summed E-state index contributed by atoms with van der Waals surface area (Å²) in [6, 6.07) is 0. The number of hydrogen-bond acceptors (Lipinski definition) is 5. The summed E-state index contributed by atoms with van der Waals surface area (Å²) >= 11 is 0. The minimum atomic E-state index is 0.726. The number of anilines is 1. The number of piperidine rings is 1. The van der Waals surface area contributed by atoms with Crippen LogP contribution in [0.5, 0.6) is 0 Å². The first kappa shape index (κ1) is 14.2. The summed E-state index contributed by atoms with van der Waals surface area (Å²) in [6.07, 6.45) is 7.45. The van der Waals surface area contributed by atoms with Crippen molar-refractivity contribution in [1.29, 1.82) is 0 Å². The van der Waals surface area contributed by atoms with Gasteiger partial charge in [0.05, 0.1) is 0 Å². The molecule has 2 heterocycles. The normalized spacial score (nSPS) is 16.5. The molecule has 1 saturated heterocycles. The zero-order valence-electron chi connectivity index (χ0n) is 11.8. The molecule has 3 N–H and O–H groups in total. The highest BCUT2D eigenvalue weighted by Crippen LogP contribution is 2.10. The van der Waals surface area contributed by atoms with E-state index in [2.05, 4.69) is 32.8 Å². The van der Waals surface area contributed by atoms with E-state index in [0.717, 1.165) is 56.6 Å². The second kappa shape index (κ2) is 8.07. The monoisotopic (exact) mass is 263 g/mol. The number of rotatable bonds is 7. The standard InChI is InChI=1S/C14H25N5/c1-2-5-17-14-18-10-13(11-19-14)9-16-8-12-3-6-15-7-4-12/h10-12,15-16H,2-9H2,1H3,(H,17,18,19). The molecule has 1 aliphatic heterocycles. The van der Waals surface area contributed by atoms with E-state index < -0.39 is 0 Å².